The van der Waals surface area contributed by atoms with Gasteiger partial charge in [0.2, 0.25) is 0 Å². The lowest BCUT2D eigenvalue weighted by Crippen LogP contribution is -2.55. The van der Waals surface area contributed by atoms with Gasteiger partial charge >= 0.3 is 0 Å². The van der Waals surface area contributed by atoms with E-state index in [0.29, 0.717) is 0 Å². The van der Waals surface area contributed by atoms with E-state index in [1.165, 1.54) is 98.7 Å². The third-order valence-electron chi connectivity index (χ3n) is 9.18. The Morgan fingerprint density at radius 1 is 0.371 bits per heavy atom. The topological polar surface area (TPSA) is 15.8 Å². The Balaban J connectivity index is 1.78. The van der Waals surface area contributed by atoms with Gasteiger partial charge in [0.05, 0.1) is 0 Å². The summed E-state index contributed by atoms with van der Waals surface area (Å²) in [6.45, 7) is 0. The average Bonchev–Trinajstić information content (AvgIpc) is 3.21. The van der Waals surface area contributed by atoms with Crippen molar-refractivity contribution in [2.75, 3.05) is 0 Å². The molecule has 158 valence electrons. The highest BCUT2D eigenvalue weighted by molar-refractivity contribution is 6.69. The average molecular weight is 438 g/mol. The van der Waals surface area contributed by atoms with Crippen LogP contribution in [0.2, 0.25) is 0 Å². The molecular formula is C24H27B10N. The van der Waals surface area contributed by atoms with Gasteiger partial charge in [-0.2, -0.15) is 0 Å². The van der Waals surface area contributed by atoms with E-state index in [2.05, 4.69) is 120 Å². The second kappa shape index (κ2) is 8.47. The molecule has 0 aliphatic rings. The maximum Gasteiger partial charge on any atom is 0.139 e. The molecule has 0 aliphatic carbocycles. The molecule has 1 N–H and O–H groups in total. The van der Waals surface area contributed by atoms with E-state index in [0.717, 1.165) is 0 Å². The van der Waals surface area contributed by atoms with Crippen LogP contribution in [0.4, 0.5) is 0 Å². The summed E-state index contributed by atoms with van der Waals surface area (Å²) in [5, 5.41) is 2.59. The van der Waals surface area contributed by atoms with Crippen molar-refractivity contribution in [3.05, 3.63) is 36.4 Å². The maximum absolute atomic E-state index is 3.66. The van der Waals surface area contributed by atoms with E-state index in [1.54, 1.807) is 0 Å². The zero-order valence-corrected chi connectivity index (χ0v) is 23.0. The van der Waals surface area contributed by atoms with Crippen LogP contribution in [-0.2, 0) is 0 Å². The van der Waals surface area contributed by atoms with Gasteiger partial charge in [0.15, 0.2) is 0 Å². The fourth-order valence-corrected chi connectivity index (χ4v) is 6.07. The molecule has 35 heavy (non-hydrogen) atoms. The van der Waals surface area contributed by atoms with E-state index in [1.807, 2.05) is 0 Å². The smallest absolute Gasteiger partial charge is 0.139 e. The molecule has 0 aliphatic heterocycles. The summed E-state index contributed by atoms with van der Waals surface area (Å²) in [6.07, 6.45) is 0. The lowest BCUT2D eigenvalue weighted by Gasteiger charge is -2.21. The molecule has 0 amide bonds. The fraction of sp³-hybridized carbons (Fsp3) is 0. The molecule has 0 unspecified atom stereocenters. The highest BCUT2D eigenvalue weighted by Crippen LogP contribution is 2.31. The first-order valence-electron chi connectivity index (χ1n) is 12.7. The molecule has 0 radical (unpaired) electrons. The largest absolute Gasteiger partial charge is 0.355 e. The number of nitrogens with one attached hydrogen (secondary N) is 1. The molecule has 11 heteroatoms. The monoisotopic (exact) mass is 439 g/mol. The lowest BCUT2D eigenvalue weighted by molar-refractivity contribution is 1.55. The van der Waals surface area contributed by atoms with Crippen LogP contribution in [0.1, 0.15) is 0 Å². The van der Waals surface area contributed by atoms with E-state index in [9.17, 15) is 0 Å². The van der Waals surface area contributed by atoms with Crippen molar-refractivity contribution in [1.82, 2.24) is 4.98 Å². The van der Waals surface area contributed by atoms with Gasteiger partial charge in [-0.3, -0.25) is 0 Å². The molecule has 4 aromatic carbocycles. The van der Waals surface area contributed by atoms with E-state index >= 15 is 0 Å². The highest BCUT2D eigenvalue weighted by atomic mass is 14.7. The molecule has 0 saturated carbocycles. The predicted molar refractivity (Wildman–Crippen MR) is 188 cm³/mol. The number of fused-ring (bicyclic) bond motifs is 3. The second-order valence-corrected chi connectivity index (χ2v) is 10.6. The molecule has 1 nitrogen and oxygen atoms in total. The lowest BCUT2D eigenvalue weighted by atomic mass is 9.59. The molecule has 0 spiro atoms. The number of hydrogen-bond donors (Lipinski definition) is 1. The van der Waals surface area contributed by atoms with Gasteiger partial charge in [-0.15, -0.1) is 32.8 Å². The molecule has 0 atom stereocenters. The number of benzene rings is 4. The molecule has 0 fully saturated rings. The van der Waals surface area contributed by atoms with Crippen molar-refractivity contribution in [1.29, 1.82) is 0 Å². The molecular weight excluding hydrogens is 410 g/mol. The van der Waals surface area contributed by atoms with Crippen molar-refractivity contribution in [3.63, 3.8) is 0 Å². The summed E-state index contributed by atoms with van der Waals surface area (Å²) in [4.78, 5) is 3.66. The van der Waals surface area contributed by atoms with Gasteiger partial charge < -0.3 is 4.98 Å². The van der Waals surface area contributed by atoms with Crippen molar-refractivity contribution in [2.24, 2.45) is 0 Å². The van der Waals surface area contributed by atoms with Gasteiger partial charge in [0.1, 0.15) is 78.5 Å². The van der Waals surface area contributed by atoms with Gasteiger partial charge in [0, 0.05) is 21.8 Å². The van der Waals surface area contributed by atoms with E-state index < -0.39 is 0 Å². The van der Waals surface area contributed by atoms with E-state index in [-0.39, 0.29) is 0 Å². The van der Waals surface area contributed by atoms with Gasteiger partial charge in [-0.1, -0.05) is 34.0 Å². The number of aromatic amines is 1. The van der Waals surface area contributed by atoms with Crippen molar-refractivity contribution in [3.8, 4) is 22.3 Å². The Bertz CT molecular complexity index is 1520. The van der Waals surface area contributed by atoms with Gasteiger partial charge in [0.25, 0.3) is 0 Å². The van der Waals surface area contributed by atoms with Crippen LogP contribution in [-0.4, -0.2) is 83.4 Å². The van der Waals surface area contributed by atoms with Crippen molar-refractivity contribution in [2.45, 2.75) is 0 Å². The minimum absolute atomic E-state index is 1.20. The zero-order chi connectivity index (χ0) is 25.3. The molecule has 0 bridgehead atoms. The normalized spacial score (nSPS) is 11.4. The summed E-state index contributed by atoms with van der Waals surface area (Å²) >= 11 is 0. The van der Waals surface area contributed by atoms with Crippen LogP contribution in [0.5, 0.6) is 0 Å². The van der Waals surface area contributed by atoms with Crippen LogP contribution in [0.15, 0.2) is 36.4 Å². The second-order valence-electron chi connectivity index (χ2n) is 10.6. The third kappa shape index (κ3) is 3.53. The summed E-state index contributed by atoms with van der Waals surface area (Å²) in [5.74, 6) is 0. The quantitative estimate of drug-likeness (QED) is 0.264. The van der Waals surface area contributed by atoms with Crippen LogP contribution < -0.4 is 54.6 Å². The number of aromatic nitrogens is 1. The van der Waals surface area contributed by atoms with Crippen molar-refractivity contribution >= 4 is 155 Å². The van der Waals surface area contributed by atoms with Crippen LogP contribution in [0.3, 0.4) is 0 Å². The van der Waals surface area contributed by atoms with Gasteiger partial charge in [-0.05, 0) is 46.5 Å². The third-order valence-corrected chi connectivity index (χ3v) is 9.18. The fourth-order valence-electron chi connectivity index (χ4n) is 6.07. The Morgan fingerprint density at radius 3 is 0.971 bits per heavy atom. The zero-order valence-electron chi connectivity index (χ0n) is 23.0. The van der Waals surface area contributed by atoms with Crippen LogP contribution in [0.25, 0.3) is 44.1 Å². The van der Waals surface area contributed by atoms with Crippen LogP contribution >= 0.6 is 0 Å². The van der Waals surface area contributed by atoms with E-state index in [4.69, 9.17) is 0 Å². The first-order chi connectivity index (χ1) is 16.5. The Kier molecular flexibility index (Phi) is 5.82. The maximum atomic E-state index is 3.66. The summed E-state index contributed by atoms with van der Waals surface area (Å²) in [7, 11) is 22.6. The number of H-pyrrole nitrogens is 1. The minimum Gasteiger partial charge on any atom is -0.355 e. The summed E-state index contributed by atoms with van der Waals surface area (Å²) in [6, 6.07) is 13.9. The highest BCUT2D eigenvalue weighted by Gasteiger charge is 2.16. The Morgan fingerprint density at radius 2 is 0.657 bits per heavy atom. The summed E-state index contributed by atoms with van der Waals surface area (Å²) in [5.41, 5.74) is 21.8. The molecule has 5 aromatic rings. The number of hydrogen-bond acceptors (Lipinski definition) is 0. The molecule has 5 rings (SSSR count). The standard InChI is InChI=1S/C24H27B10N/c25-15-13(16(26)20(30)23(33)19(15)29)7-1-3-11-9(5-7)10-6-8(2-4-12(10)35-11)14-17(27)21(31)24(34)22(32)18(14)28/h1-6,35H,25-34H2. The molecule has 1 heterocycles. The minimum atomic E-state index is 1.20. The number of rotatable bonds is 2. The van der Waals surface area contributed by atoms with Crippen molar-refractivity contribution < 1.29 is 0 Å². The van der Waals surface area contributed by atoms with Crippen LogP contribution in [0, 0.1) is 0 Å². The Labute approximate surface area is 218 Å². The SMILES string of the molecule is Bc1c(B)c(B)c(-c2ccc3[nH]c4ccc(-c5c(B)c(B)c(B)c(B)c5B)cc4c3c2)c(B)c1B. The first-order valence-corrected chi connectivity index (χ1v) is 12.7. The molecule has 1 aromatic heterocycles. The molecule has 0 saturated heterocycles. The predicted octanol–water partition coefficient (Wildman–Crippen LogP) is -10.8. The first kappa shape index (κ1) is 24.0. The van der Waals surface area contributed by atoms with Gasteiger partial charge in [-0.25, -0.2) is 0 Å². The Hall–Kier alpha value is -2.67. The summed E-state index contributed by atoms with van der Waals surface area (Å²) < 4.78 is 0.